The third kappa shape index (κ3) is 10.2. The lowest BCUT2D eigenvalue weighted by atomic mass is 10.2. The van der Waals surface area contributed by atoms with Crippen LogP contribution in [0.2, 0.25) is 0 Å². The van der Waals surface area contributed by atoms with Crippen molar-refractivity contribution in [2.24, 2.45) is 0 Å². The van der Waals surface area contributed by atoms with Gasteiger partial charge in [-0.2, -0.15) is 0 Å². The normalized spacial score (nSPS) is 12.0. The van der Waals surface area contributed by atoms with E-state index in [-0.39, 0.29) is 5.75 Å². The number of hydrogen-bond acceptors (Lipinski definition) is 3. The molecule has 0 saturated heterocycles. The molecule has 0 radical (unpaired) electrons. The van der Waals surface area contributed by atoms with Crippen LogP contribution in [-0.2, 0) is 0 Å². The lowest BCUT2D eigenvalue weighted by Crippen LogP contribution is -2.29. The molecule has 9 heteroatoms. The smallest absolute Gasteiger partial charge is 0.406 e. The molecule has 0 aromatic heterocycles. The summed E-state index contributed by atoms with van der Waals surface area (Å²) in [5.74, 6) is -0.922. The van der Waals surface area contributed by atoms with E-state index < -0.39 is 24.8 Å². The number of ether oxygens (including phenoxy) is 1. The summed E-state index contributed by atoms with van der Waals surface area (Å²) in [4.78, 5) is 11.6. The largest absolute Gasteiger partial charge is 0.573 e. The Morgan fingerprint density at radius 2 is 1.84 bits per heavy atom. The first-order chi connectivity index (χ1) is 11.8. The molecule has 0 bridgehead atoms. The molecule has 0 saturated carbocycles. The number of carbonyl (C=O) groups is 1. The van der Waals surface area contributed by atoms with Gasteiger partial charge in [0.2, 0.25) is 0 Å². The summed E-state index contributed by atoms with van der Waals surface area (Å²) in [5.41, 5.74) is 0.330. The fourth-order valence-corrected chi connectivity index (χ4v) is 1.89. The maximum absolute atomic E-state index is 12.6. The van der Waals surface area contributed by atoms with Crippen LogP contribution in [0.5, 0.6) is 5.75 Å². The van der Waals surface area contributed by atoms with Gasteiger partial charge >= 0.3 is 12.4 Å². The first kappa shape index (κ1) is 20.8. The molecule has 2 amide bonds. The van der Waals surface area contributed by atoms with Crippen LogP contribution in [0, 0.1) is 0 Å². The maximum atomic E-state index is 12.6. The van der Waals surface area contributed by atoms with Gasteiger partial charge in [-0.3, -0.25) is 0 Å². The van der Waals surface area contributed by atoms with E-state index in [9.17, 15) is 22.4 Å². The summed E-state index contributed by atoms with van der Waals surface area (Å²) in [5, 5.41) is 13.6. The summed E-state index contributed by atoms with van der Waals surface area (Å²) >= 11 is 0. The van der Waals surface area contributed by atoms with Gasteiger partial charge in [-0.1, -0.05) is 12.5 Å². The van der Waals surface area contributed by atoms with Gasteiger partial charge < -0.3 is 20.5 Å². The Morgan fingerprint density at radius 3 is 2.44 bits per heavy atom. The molecule has 1 aromatic carbocycles. The Morgan fingerprint density at radius 1 is 1.16 bits per heavy atom. The molecule has 0 aliphatic heterocycles. The zero-order chi connectivity index (χ0) is 18.7. The standard InChI is InChI=1S/C16H20F4N2O3/c17-12(11-23)5-3-1-2-4-10-21-15(24)22-13-6-8-14(9-7-13)25-16(18,19)20/h5-9,23H,1-4,10-11H2,(H2,21,22,24). The number of urea groups is 1. The highest BCUT2D eigenvalue weighted by Gasteiger charge is 2.30. The Labute approximate surface area is 142 Å². The second-order valence-corrected chi connectivity index (χ2v) is 5.11. The number of amides is 2. The predicted octanol–water partition coefficient (Wildman–Crippen LogP) is 4.11. The molecule has 1 rings (SSSR count). The predicted molar refractivity (Wildman–Crippen MR) is 84.9 cm³/mol. The van der Waals surface area contributed by atoms with Crippen molar-refractivity contribution >= 4 is 11.7 Å². The number of anilines is 1. The molecule has 3 N–H and O–H groups in total. The summed E-state index contributed by atoms with van der Waals surface area (Å²) in [6, 6.07) is 4.31. The number of allylic oxidation sites excluding steroid dienone is 1. The van der Waals surface area contributed by atoms with Crippen molar-refractivity contribution in [3.8, 4) is 5.75 Å². The van der Waals surface area contributed by atoms with E-state index in [4.69, 9.17) is 5.11 Å². The number of benzene rings is 1. The van der Waals surface area contributed by atoms with Crippen LogP contribution in [0.15, 0.2) is 36.2 Å². The number of alkyl halides is 3. The van der Waals surface area contributed by atoms with Gasteiger partial charge in [0.25, 0.3) is 0 Å². The first-order valence-corrected chi connectivity index (χ1v) is 7.66. The third-order valence-electron chi connectivity index (χ3n) is 3.03. The monoisotopic (exact) mass is 364 g/mol. The van der Waals surface area contributed by atoms with Gasteiger partial charge in [-0.05, 0) is 43.5 Å². The van der Waals surface area contributed by atoms with E-state index in [2.05, 4.69) is 15.4 Å². The Kier molecular flexibility index (Phi) is 8.76. The van der Waals surface area contributed by atoms with Gasteiger partial charge in [0.1, 0.15) is 11.6 Å². The number of unbranched alkanes of at least 4 members (excludes halogenated alkanes) is 3. The Bertz CT molecular complexity index is 559. The van der Waals surface area contributed by atoms with Crippen molar-refractivity contribution in [2.45, 2.75) is 32.0 Å². The fraction of sp³-hybridized carbons (Fsp3) is 0.438. The molecule has 0 unspecified atom stereocenters. The van der Waals surface area contributed by atoms with Crippen molar-refractivity contribution in [3.63, 3.8) is 0 Å². The van der Waals surface area contributed by atoms with Crippen molar-refractivity contribution in [3.05, 3.63) is 36.2 Å². The lowest BCUT2D eigenvalue weighted by molar-refractivity contribution is -0.274. The quantitative estimate of drug-likeness (QED) is 0.456. The second kappa shape index (κ2) is 10.5. The van der Waals surface area contributed by atoms with Crippen LogP contribution in [0.1, 0.15) is 25.7 Å². The van der Waals surface area contributed by atoms with Crippen molar-refractivity contribution in [2.75, 3.05) is 18.5 Å². The molecule has 5 nitrogen and oxygen atoms in total. The second-order valence-electron chi connectivity index (χ2n) is 5.11. The molecule has 25 heavy (non-hydrogen) atoms. The van der Waals surface area contributed by atoms with Gasteiger partial charge in [0, 0.05) is 12.2 Å². The van der Waals surface area contributed by atoms with Crippen LogP contribution in [0.3, 0.4) is 0 Å². The molecule has 0 atom stereocenters. The third-order valence-corrected chi connectivity index (χ3v) is 3.03. The number of aliphatic hydroxyl groups is 1. The highest BCUT2D eigenvalue weighted by molar-refractivity contribution is 5.89. The summed E-state index contributed by atoms with van der Waals surface area (Å²) in [6.45, 7) is -0.182. The zero-order valence-electron chi connectivity index (χ0n) is 13.4. The number of carbonyl (C=O) groups excluding carboxylic acids is 1. The minimum absolute atomic E-state index is 0.330. The van der Waals surface area contributed by atoms with E-state index in [1.807, 2.05) is 0 Å². The minimum atomic E-state index is -4.76. The molecule has 0 heterocycles. The summed E-state index contributed by atoms with van der Waals surface area (Å²) in [7, 11) is 0. The van der Waals surface area contributed by atoms with Gasteiger partial charge in [-0.25, -0.2) is 9.18 Å². The minimum Gasteiger partial charge on any atom is -0.406 e. The highest BCUT2D eigenvalue weighted by atomic mass is 19.4. The number of nitrogens with one attached hydrogen (secondary N) is 2. The van der Waals surface area contributed by atoms with E-state index in [1.165, 1.54) is 18.2 Å². The van der Waals surface area contributed by atoms with Gasteiger partial charge in [0.05, 0.1) is 6.61 Å². The molecule has 0 fully saturated rings. The maximum Gasteiger partial charge on any atom is 0.573 e. The SMILES string of the molecule is O=C(NCCCCCC=C(F)CO)Nc1ccc(OC(F)(F)F)cc1. The first-order valence-electron chi connectivity index (χ1n) is 7.66. The van der Waals surface area contributed by atoms with E-state index in [0.29, 0.717) is 25.1 Å². The highest BCUT2D eigenvalue weighted by Crippen LogP contribution is 2.23. The van der Waals surface area contributed by atoms with Crippen LogP contribution in [0.4, 0.5) is 28.0 Å². The molecule has 0 aliphatic carbocycles. The average Bonchev–Trinajstić information content (AvgIpc) is 2.54. The lowest BCUT2D eigenvalue weighted by Gasteiger charge is -2.10. The van der Waals surface area contributed by atoms with E-state index in [1.54, 1.807) is 0 Å². The molecular weight excluding hydrogens is 344 g/mol. The van der Waals surface area contributed by atoms with Gasteiger partial charge in [-0.15, -0.1) is 13.2 Å². The van der Waals surface area contributed by atoms with Crippen molar-refractivity contribution < 1.29 is 32.2 Å². The van der Waals surface area contributed by atoms with Gasteiger partial charge in [0.15, 0.2) is 0 Å². The topological polar surface area (TPSA) is 70.6 Å². The van der Waals surface area contributed by atoms with Crippen LogP contribution in [0.25, 0.3) is 0 Å². The summed E-state index contributed by atoms with van der Waals surface area (Å²) in [6.07, 6.45) is -0.708. The number of hydrogen-bond donors (Lipinski definition) is 3. The fourth-order valence-electron chi connectivity index (χ4n) is 1.89. The van der Waals surface area contributed by atoms with Crippen molar-refractivity contribution in [1.29, 1.82) is 0 Å². The summed E-state index contributed by atoms with van der Waals surface area (Å²) < 4.78 is 52.4. The Hall–Kier alpha value is -2.29. The number of halogens is 4. The number of rotatable bonds is 9. The van der Waals surface area contributed by atoms with E-state index >= 15 is 0 Å². The zero-order valence-corrected chi connectivity index (χ0v) is 13.4. The number of aliphatic hydroxyl groups excluding tert-OH is 1. The molecule has 0 aliphatic rings. The molecule has 0 spiro atoms. The molecule has 140 valence electrons. The molecular formula is C16H20F4N2O3. The average molecular weight is 364 g/mol. The van der Waals surface area contributed by atoms with Crippen LogP contribution >= 0.6 is 0 Å². The van der Waals surface area contributed by atoms with Crippen molar-refractivity contribution in [1.82, 2.24) is 5.32 Å². The Balaban J connectivity index is 2.20. The molecule has 1 aromatic rings. The van der Waals surface area contributed by atoms with Crippen LogP contribution in [-0.4, -0.2) is 30.7 Å². The van der Waals surface area contributed by atoms with Crippen LogP contribution < -0.4 is 15.4 Å². The van der Waals surface area contributed by atoms with E-state index in [0.717, 1.165) is 25.0 Å².